The highest BCUT2D eigenvalue weighted by molar-refractivity contribution is 6.30. The summed E-state index contributed by atoms with van der Waals surface area (Å²) in [5, 5.41) is 3.81. The summed E-state index contributed by atoms with van der Waals surface area (Å²) in [5.74, 6) is 1.57. The molecule has 0 saturated carbocycles. The SMILES string of the molecule is CC(C)c1ccccc1OCCNC(=O)C1CCN(Cc2ccc(Cl)cc2)CC1. The third-order valence-corrected chi connectivity index (χ3v) is 5.73. The highest BCUT2D eigenvalue weighted by Crippen LogP contribution is 2.25. The minimum Gasteiger partial charge on any atom is -0.491 e. The zero-order valence-corrected chi connectivity index (χ0v) is 18.1. The fourth-order valence-corrected chi connectivity index (χ4v) is 3.90. The first-order valence-electron chi connectivity index (χ1n) is 10.5. The molecule has 0 aliphatic carbocycles. The molecular formula is C24H31ClN2O2. The van der Waals surface area contributed by atoms with E-state index >= 15 is 0 Å². The first-order chi connectivity index (χ1) is 14.0. The van der Waals surface area contributed by atoms with Crippen molar-refractivity contribution >= 4 is 17.5 Å². The predicted molar refractivity (Wildman–Crippen MR) is 118 cm³/mol. The van der Waals surface area contributed by atoms with Crippen molar-refractivity contribution < 1.29 is 9.53 Å². The number of halogens is 1. The molecule has 2 aromatic carbocycles. The van der Waals surface area contributed by atoms with Gasteiger partial charge in [-0.1, -0.05) is 55.8 Å². The number of nitrogens with zero attached hydrogens (tertiary/aromatic N) is 1. The number of carbonyl (C=O) groups excluding carboxylic acids is 1. The summed E-state index contributed by atoms with van der Waals surface area (Å²) in [5.41, 5.74) is 2.46. The maximum atomic E-state index is 12.5. The van der Waals surface area contributed by atoms with Crippen LogP contribution in [0.5, 0.6) is 5.75 Å². The zero-order chi connectivity index (χ0) is 20.6. The molecule has 1 N–H and O–H groups in total. The summed E-state index contributed by atoms with van der Waals surface area (Å²) in [7, 11) is 0. The number of nitrogens with one attached hydrogen (secondary N) is 1. The van der Waals surface area contributed by atoms with E-state index in [2.05, 4.69) is 42.3 Å². The second-order valence-electron chi connectivity index (χ2n) is 8.01. The smallest absolute Gasteiger partial charge is 0.223 e. The number of ether oxygens (including phenoxy) is 1. The fourth-order valence-electron chi connectivity index (χ4n) is 3.77. The molecule has 1 aliphatic rings. The van der Waals surface area contributed by atoms with Gasteiger partial charge < -0.3 is 10.1 Å². The van der Waals surface area contributed by atoms with Crippen LogP contribution in [-0.2, 0) is 11.3 Å². The maximum Gasteiger partial charge on any atom is 0.223 e. The van der Waals surface area contributed by atoms with Crippen molar-refractivity contribution in [1.29, 1.82) is 0 Å². The number of hydrogen-bond acceptors (Lipinski definition) is 3. The molecule has 0 unspecified atom stereocenters. The Bertz CT molecular complexity index is 784. The van der Waals surface area contributed by atoms with Gasteiger partial charge in [0.1, 0.15) is 12.4 Å². The molecule has 0 bridgehead atoms. The van der Waals surface area contributed by atoms with E-state index in [9.17, 15) is 4.79 Å². The molecule has 5 heteroatoms. The molecule has 0 atom stereocenters. The van der Waals surface area contributed by atoms with Gasteiger partial charge in [0, 0.05) is 17.5 Å². The largest absolute Gasteiger partial charge is 0.491 e. The number of likely N-dealkylation sites (tertiary alicyclic amines) is 1. The van der Waals surface area contributed by atoms with E-state index in [1.807, 2.05) is 30.3 Å². The molecule has 1 fully saturated rings. The van der Waals surface area contributed by atoms with Gasteiger partial charge in [-0.3, -0.25) is 9.69 Å². The van der Waals surface area contributed by atoms with Crippen LogP contribution in [0.2, 0.25) is 5.02 Å². The predicted octanol–water partition coefficient (Wildman–Crippen LogP) is 4.87. The van der Waals surface area contributed by atoms with Crippen LogP contribution in [0, 0.1) is 5.92 Å². The van der Waals surface area contributed by atoms with Crippen molar-refractivity contribution in [1.82, 2.24) is 10.2 Å². The highest BCUT2D eigenvalue weighted by Gasteiger charge is 2.24. The van der Waals surface area contributed by atoms with E-state index < -0.39 is 0 Å². The lowest BCUT2D eigenvalue weighted by Crippen LogP contribution is -2.41. The molecule has 3 rings (SSSR count). The number of piperidine rings is 1. The van der Waals surface area contributed by atoms with Gasteiger partial charge in [0.2, 0.25) is 5.91 Å². The molecule has 156 valence electrons. The Hall–Kier alpha value is -2.04. The van der Waals surface area contributed by atoms with Crippen LogP contribution in [0.1, 0.15) is 43.7 Å². The van der Waals surface area contributed by atoms with E-state index in [4.69, 9.17) is 16.3 Å². The van der Waals surface area contributed by atoms with Gasteiger partial charge in [0.25, 0.3) is 0 Å². The van der Waals surface area contributed by atoms with Crippen molar-refractivity contribution in [3.63, 3.8) is 0 Å². The Balaban J connectivity index is 1.36. The van der Waals surface area contributed by atoms with E-state index in [1.165, 1.54) is 11.1 Å². The second-order valence-corrected chi connectivity index (χ2v) is 8.45. The molecule has 29 heavy (non-hydrogen) atoms. The number of carbonyl (C=O) groups is 1. The minimum absolute atomic E-state index is 0.0967. The van der Waals surface area contributed by atoms with Gasteiger partial charge in [0.05, 0.1) is 6.54 Å². The molecule has 2 aromatic rings. The third-order valence-electron chi connectivity index (χ3n) is 5.48. The lowest BCUT2D eigenvalue weighted by molar-refractivity contribution is -0.126. The molecule has 1 saturated heterocycles. The Morgan fingerprint density at radius 1 is 1.14 bits per heavy atom. The molecule has 1 aliphatic heterocycles. The van der Waals surface area contributed by atoms with Gasteiger partial charge in [0.15, 0.2) is 0 Å². The van der Waals surface area contributed by atoms with Crippen molar-refractivity contribution in [2.75, 3.05) is 26.2 Å². The molecule has 1 heterocycles. The van der Waals surface area contributed by atoms with E-state index in [-0.39, 0.29) is 11.8 Å². The Labute approximate surface area is 179 Å². The number of hydrogen-bond donors (Lipinski definition) is 1. The van der Waals surface area contributed by atoms with Gasteiger partial charge in [-0.2, -0.15) is 0 Å². The van der Waals surface area contributed by atoms with Crippen LogP contribution < -0.4 is 10.1 Å². The topological polar surface area (TPSA) is 41.6 Å². The number of amides is 1. The van der Waals surface area contributed by atoms with Crippen molar-refractivity contribution in [2.45, 2.75) is 39.2 Å². The van der Waals surface area contributed by atoms with Crippen molar-refractivity contribution in [3.05, 3.63) is 64.7 Å². The monoisotopic (exact) mass is 414 g/mol. The molecule has 0 aromatic heterocycles. The van der Waals surface area contributed by atoms with Gasteiger partial charge in [-0.25, -0.2) is 0 Å². The maximum absolute atomic E-state index is 12.5. The Morgan fingerprint density at radius 2 is 1.83 bits per heavy atom. The molecule has 1 amide bonds. The summed E-state index contributed by atoms with van der Waals surface area (Å²) in [6.07, 6.45) is 1.80. The van der Waals surface area contributed by atoms with Crippen molar-refractivity contribution in [3.8, 4) is 5.75 Å². The summed E-state index contributed by atoms with van der Waals surface area (Å²) in [6, 6.07) is 16.1. The number of benzene rings is 2. The van der Waals surface area contributed by atoms with Gasteiger partial charge in [-0.05, 0) is 61.2 Å². The Kier molecular flexibility index (Phi) is 7.96. The Morgan fingerprint density at radius 3 is 2.52 bits per heavy atom. The van der Waals surface area contributed by atoms with Crippen molar-refractivity contribution in [2.24, 2.45) is 5.92 Å². The molecule has 0 spiro atoms. The first kappa shape index (κ1) is 21.7. The minimum atomic E-state index is 0.0967. The fraction of sp³-hybridized carbons (Fsp3) is 0.458. The van der Waals surface area contributed by atoms with Gasteiger partial charge in [-0.15, -0.1) is 0 Å². The van der Waals surface area contributed by atoms with E-state index in [1.54, 1.807) is 0 Å². The molecular weight excluding hydrogens is 384 g/mol. The summed E-state index contributed by atoms with van der Waals surface area (Å²) < 4.78 is 5.90. The third kappa shape index (κ3) is 6.48. The standard InChI is InChI=1S/C24H31ClN2O2/c1-18(2)22-5-3-4-6-23(22)29-16-13-26-24(28)20-11-14-27(15-12-20)17-19-7-9-21(25)10-8-19/h3-10,18,20H,11-17H2,1-2H3,(H,26,28). The number of para-hydroxylation sites is 1. The first-order valence-corrected chi connectivity index (χ1v) is 10.9. The lowest BCUT2D eigenvalue weighted by Gasteiger charge is -2.31. The zero-order valence-electron chi connectivity index (χ0n) is 17.4. The summed E-state index contributed by atoms with van der Waals surface area (Å²) in [4.78, 5) is 14.9. The van der Waals surface area contributed by atoms with Crippen LogP contribution in [-0.4, -0.2) is 37.0 Å². The summed E-state index contributed by atoms with van der Waals surface area (Å²) in [6.45, 7) is 8.14. The van der Waals surface area contributed by atoms with E-state index in [0.717, 1.165) is 43.2 Å². The van der Waals surface area contributed by atoms with Crippen LogP contribution in [0.4, 0.5) is 0 Å². The molecule has 0 radical (unpaired) electrons. The average Bonchev–Trinajstić information content (AvgIpc) is 2.73. The van der Waals surface area contributed by atoms with Crippen LogP contribution in [0.3, 0.4) is 0 Å². The van der Waals surface area contributed by atoms with Crippen LogP contribution in [0.15, 0.2) is 48.5 Å². The average molecular weight is 415 g/mol. The highest BCUT2D eigenvalue weighted by atomic mass is 35.5. The van der Waals surface area contributed by atoms with Crippen LogP contribution >= 0.6 is 11.6 Å². The normalized spacial score (nSPS) is 15.4. The van der Waals surface area contributed by atoms with E-state index in [0.29, 0.717) is 19.1 Å². The quantitative estimate of drug-likeness (QED) is 0.626. The lowest BCUT2D eigenvalue weighted by atomic mass is 9.95. The molecule has 4 nitrogen and oxygen atoms in total. The van der Waals surface area contributed by atoms with Crippen LogP contribution in [0.25, 0.3) is 0 Å². The number of rotatable bonds is 8. The van der Waals surface area contributed by atoms with Gasteiger partial charge >= 0.3 is 0 Å². The summed E-state index contributed by atoms with van der Waals surface area (Å²) >= 11 is 5.95. The second kappa shape index (κ2) is 10.7.